The summed E-state index contributed by atoms with van der Waals surface area (Å²) in [6.45, 7) is 14.4. The molecular formula is C22H30FNOS. The van der Waals surface area contributed by atoms with Crippen molar-refractivity contribution < 1.29 is 8.62 Å². The summed E-state index contributed by atoms with van der Waals surface area (Å²) in [6.07, 6.45) is 8.50. The highest BCUT2D eigenvalue weighted by Crippen LogP contribution is 2.23. The molecule has 1 atom stereocenters. The highest BCUT2D eigenvalue weighted by Gasteiger charge is 2.20. The third-order valence-electron chi connectivity index (χ3n) is 4.10. The molecule has 0 fully saturated rings. The van der Waals surface area contributed by atoms with Gasteiger partial charge in [-0.3, -0.25) is 0 Å². The topological polar surface area (TPSA) is 21.3 Å². The van der Waals surface area contributed by atoms with E-state index in [0.717, 1.165) is 22.4 Å². The largest absolute Gasteiger partial charge is 0.388 e. The van der Waals surface area contributed by atoms with E-state index in [-0.39, 0.29) is 5.25 Å². The van der Waals surface area contributed by atoms with Crippen LogP contribution in [0.15, 0.2) is 66.8 Å². The Kier molecular flexibility index (Phi) is 9.46. The van der Waals surface area contributed by atoms with E-state index in [1.165, 1.54) is 0 Å². The zero-order valence-electron chi connectivity index (χ0n) is 16.2. The highest BCUT2D eigenvalue weighted by atomic mass is 32.2. The predicted octanol–water partition coefficient (Wildman–Crippen LogP) is 6.60. The van der Waals surface area contributed by atoms with Gasteiger partial charge in [-0.25, -0.2) is 0 Å². The van der Waals surface area contributed by atoms with Crippen LogP contribution in [0.25, 0.3) is 6.08 Å². The van der Waals surface area contributed by atoms with E-state index in [2.05, 4.69) is 18.5 Å². The fourth-order valence-electron chi connectivity index (χ4n) is 2.05. The second kappa shape index (κ2) is 11.0. The zero-order valence-corrected chi connectivity index (χ0v) is 17.0. The van der Waals surface area contributed by atoms with E-state index in [9.17, 15) is 3.89 Å². The molecule has 0 spiro atoms. The number of hydrogen-bond acceptors (Lipinski definition) is 3. The number of allylic oxidation sites excluding steroid dienone is 3. The van der Waals surface area contributed by atoms with Crippen LogP contribution in [0.2, 0.25) is 0 Å². The molecular weight excluding hydrogens is 345 g/mol. The van der Waals surface area contributed by atoms with E-state index >= 15 is 0 Å². The van der Waals surface area contributed by atoms with E-state index in [1.807, 2.05) is 76.4 Å². The molecule has 26 heavy (non-hydrogen) atoms. The number of nitrogens with one attached hydrogen (secondary N) is 1. The molecule has 1 rings (SSSR count). The molecule has 142 valence electrons. The van der Waals surface area contributed by atoms with Gasteiger partial charge in [-0.1, -0.05) is 56.5 Å². The van der Waals surface area contributed by atoms with Crippen molar-refractivity contribution in [2.75, 3.05) is 19.0 Å². The third-order valence-corrected chi connectivity index (χ3v) is 4.64. The minimum absolute atomic E-state index is 0.0540. The fourth-order valence-corrected chi connectivity index (χ4v) is 2.23. The fraction of sp³-hybridized carbons (Fsp3) is 0.364. The molecule has 0 aliphatic heterocycles. The Bertz CT molecular complexity index is 647. The zero-order chi connectivity index (χ0) is 19.6. The van der Waals surface area contributed by atoms with Gasteiger partial charge >= 0.3 is 0 Å². The normalized spacial score (nSPS) is 13.3. The lowest BCUT2D eigenvalue weighted by molar-refractivity contribution is 0.0125. The summed E-state index contributed by atoms with van der Waals surface area (Å²) >= 11 is 0.364. The van der Waals surface area contributed by atoms with Crippen molar-refractivity contribution in [3.8, 4) is 0 Å². The first-order valence-corrected chi connectivity index (χ1v) is 9.50. The number of anilines is 1. The van der Waals surface area contributed by atoms with Crippen LogP contribution < -0.4 is 5.32 Å². The molecule has 0 aliphatic carbocycles. The second-order valence-electron chi connectivity index (χ2n) is 6.69. The highest BCUT2D eigenvalue weighted by molar-refractivity contribution is 7.94. The smallest absolute Gasteiger partial charge is 0.0869 e. The standard InChI is InChI=1S/C22H30FNOS/c1-17(8-10-20-11-13-21(24-6)14-12-20)7-9-18(2)22(4,5)25-16-15-19(3)26-23/h7-14,19,24H,1-2,15-16H2,3-6H3/b9-7-,10-8+. The average molecular weight is 376 g/mol. The summed E-state index contributed by atoms with van der Waals surface area (Å²) in [5, 5.41) is 3.04. The van der Waals surface area contributed by atoms with Crippen LogP contribution in [0.1, 0.15) is 32.8 Å². The molecule has 0 amide bonds. The van der Waals surface area contributed by atoms with Gasteiger partial charge in [0.25, 0.3) is 0 Å². The maximum Gasteiger partial charge on any atom is 0.0869 e. The van der Waals surface area contributed by atoms with Gasteiger partial charge in [0.2, 0.25) is 0 Å². The lowest BCUT2D eigenvalue weighted by atomic mass is 9.98. The second-order valence-corrected chi connectivity index (χ2v) is 7.67. The summed E-state index contributed by atoms with van der Waals surface area (Å²) in [4.78, 5) is 0. The molecule has 0 aliphatic rings. The van der Waals surface area contributed by atoms with Crippen molar-refractivity contribution in [1.29, 1.82) is 0 Å². The maximum atomic E-state index is 12.4. The van der Waals surface area contributed by atoms with Crippen LogP contribution in [0.4, 0.5) is 9.57 Å². The number of halogens is 1. The minimum atomic E-state index is -0.496. The van der Waals surface area contributed by atoms with Crippen LogP contribution in [0, 0.1) is 0 Å². The van der Waals surface area contributed by atoms with Crippen molar-refractivity contribution in [2.45, 2.75) is 38.0 Å². The lowest BCUT2D eigenvalue weighted by Crippen LogP contribution is -2.27. The van der Waals surface area contributed by atoms with Gasteiger partial charge in [-0.15, -0.1) is 0 Å². The van der Waals surface area contributed by atoms with Gasteiger partial charge in [-0.2, -0.15) is 3.89 Å². The molecule has 1 aromatic rings. The van der Waals surface area contributed by atoms with Gasteiger partial charge in [0.15, 0.2) is 0 Å². The number of benzene rings is 1. The van der Waals surface area contributed by atoms with E-state index in [4.69, 9.17) is 4.74 Å². The van der Waals surface area contributed by atoms with Crippen LogP contribution in [-0.4, -0.2) is 24.5 Å². The summed E-state index contributed by atoms with van der Waals surface area (Å²) in [6, 6.07) is 8.16. The van der Waals surface area contributed by atoms with Crippen LogP contribution in [0.3, 0.4) is 0 Å². The van der Waals surface area contributed by atoms with Gasteiger partial charge < -0.3 is 10.1 Å². The Morgan fingerprint density at radius 1 is 1.23 bits per heavy atom. The van der Waals surface area contributed by atoms with E-state index in [0.29, 0.717) is 25.2 Å². The van der Waals surface area contributed by atoms with Gasteiger partial charge in [0, 0.05) is 36.7 Å². The maximum absolute atomic E-state index is 12.4. The Morgan fingerprint density at radius 2 is 1.88 bits per heavy atom. The Morgan fingerprint density at radius 3 is 2.46 bits per heavy atom. The van der Waals surface area contributed by atoms with Crippen LogP contribution in [0.5, 0.6) is 0 Å². The molecule has 0 bridgehead atoms. The SMILES string of the molecule is C=C(/C=C\C(=C)C(C)(C)OCCC(C)SF)/C=C/c1ccc(NC)cc1. The van der Waals surface area contributed by atoms with E-state index in [1.54, 1.807) is 0 Å². The minimum Gasteiger partial charge on any atom is -0.388 e. The predicted molar refractivity (Wildman–Crippen MR) is 115 cm³/mol. The van der Waals surface area contributed by atoms with Crippen molar-refractivity contribution in [1.82, 2.24) is 0 Å². The molecule has 0 saturated carbocycles. The van der Waals surface area contributed by atoms with Gasteiger partial charge in [0.05, 0.1) is 5.60 Å². The van der Waals surface area contributed by atoms with E-state index < -0.39 is 5.60 Å². The quantitative estimate of drug-likeness (QED) is 0.440. The van der Waals surface area contributed by atoms with Crippen LogP contribution in [-0.2, 0) is 4.74 Å². The lowest BCUT2D eigenvalue weighted by Gasteiger charge is -2.26. The van der Waals surface area contributed by atoms with Crippen molar-refractivity contribution >= 4 is 23.9 Å². The third kappa shape index (κ3) is 8.07. The molecule has 0 saturated heterocycles. The summed E-state index contributed by atoms with van der Waals surface area (Å²) in [5.74, 6) is 0. The monoisotopic (exact) mass is 375 g/mol. The molecule has 0 heterocycles. The molecule has 1 unspecified atom stereocenters. The molecule has 0 radical (unpaired) electrons. The number of rotatable bonds is 11. The first-order chi connectivity index (χ1) is 12.3. The van der Waals surface area contributed by atoms with Crippen LogP contribution >= 0.6 is 12.1 Å². The summed E-state index contributed by atoms with van der Waals surface area (Å²) < 4.78 is 18.3. The Hall–Kier alpha value is -1.78. The molecule has 4 heteroatoms. The van der Waals surface area contributed by atoms with Crippen molar-refractivity contribution in [3.63, 3.8) is 0 Å². The van der Waals surface area contributed by atoms with Crippen molar-refractivity contribution in [2.24, 2.45) is 0 Å². The summed E-state index contributed by atoms with van der Waals surface area (Å²) in [5.41, 5.74) is 3.43. The average Bonchev–Trinajstić information content (AvgIpc) is 2.64. The van der Waals surface area contributed by atoms with Gasteiger partial charge in [-0.05, 0) is 49.1 Å². The van der Waals surface area contributed by atoms with Crippen molar-refractivity contribution in [3.05, 3.63) is 72.4 Å². The Labute approximate surface area is 162 Å². The summed E-state index contributed by atoms with van der Waals surface area (Å²) in [7, 11) is 1.90. The Balaban J connectivity index is 2.54. The molecule has 2 nitrogen and oxygen atoms in total. The number of hydrogen-bond donors (Lipinski definition) is 1. The van der Waals surface area contributed by atoms with Gasteiger partial charge in [0.1, 0.15) is 0 Å². The first-order valence-electron chi connectivity index (χ1n) is 8.72. The number of ether oxygens (including phenoxy) is 1. The molecule has 1 aromatic carbocycles. The molecule has 1 N–H and O–H groups in total. The first kappa shape index (κ1) is 22.3. The molecule has 0 aromatic heterocycles.